The Morgan fingerprint density at radius 1 is 1.15 bits per heavy atom. The fourth-order valence-corrected chi connectivity index (χ4v) is 1.21. The minimum Gasteiger partial charge on any atom is -0.461 e. The summed E-state index contributed by atoms with van der Waals surface area (Å²) in [5.41, 5.74) is 0.978. The monoisotopic (exact) mass is 174 g/mol. The molecule has 0 aliphatic carbocycles. The Labute approximate surface area is 76.8 Å². The van der Waals surface area contributed by atoms with Crippen molar-refractivity contribution in [1.82, 2.24) is 0 Å². The predicted molar refractivity (Wildman–Crippen MR) is 51.3 cm³/mol. The van der Waals surface area contributed by atoms with Gasteiger partial charge in [-0.3, -0.25) is 0 Å². The fraction of sp³-hybridized carbons (Fsp3) is 0.0909. The van der Waals surface area contributed by atoms with Crippen LogP contribution in [0.5, 0.6) is 5.75 Å². The second kappa shape index (κ2) is 3.46. The molecule has 1 aliphatic rings. The van der Waals surface area contributed by atoms with Crippen LogP contribution >= 0.6 is 0 Å². The summed E-state index contributed by atoms with van der Waals surface area (Å²) in [5, 5.41) is 9.32. The summed E-state index contributed by atoms with van der Waals surface area (Å²) in [6, 6.07) is 7.59. The summed E-state index contributed by atoms with van der Waals surface area (Å²) in [6.07, 6.45) is 6.32. The van der Waals surface area contributed by atoms with Crippen molar-refractivity contribution in [3.05, 3.63) is 48.1 Å². The van der Waals surface area contributed by atoms with Gasteiger partial charge in [0.15, 0.2) is 0 Å². The van der Waals surface area contributed by atoms with Gasteiger partial charge in [-0.15, -0.1) is 0 Å². The maximum Gasteiger partial charge on any atom is 0.217 e. The molecule has 0 saturated heterocycles. The largest absolute Gasteiger partial charge is 0.461 e. The topological polar surface area (TPSA) is 29.5 Å². The van der Waals surface area contributed by atoms with Crippen LogP contribution in [0.15, 0.2) is 42.5 Å². The summed E-state index contributed by atoms with van der Waals surface area (Å²) in [5.74, 6) is 0.704. The SMILES string of the molecule is OC1/C=C\C=C/c2ccccc2O1. The van der Waals surface area contributed by atoms with Crippen molar-refractivity contribution in [2.45, 2.75) is 6.29 Å². The Hall–Kier alpha value is -1.54. The van der Waals surface area contributed by atoms with E-state index in [2.05, 4.69) is 0 Å². The third kappa shape index (κ3) is 1.79. The van der Waals surface area contributed by atoms with Crippen molar-refractivity contribution < 1.29 is 9.84 Å². The van der Waals surface area contributed by atoms with Crippen LogP contribution in [0.1, 0.15) is 5.56 Å². The van der Waals surface area contributed by atoms with Crippen LogP contribution in [0.3, 0.4) is 0 Å². The maximum absolute atomic E-state index is 9.32. The molecule has 0 saturated carbocycles. The number of allylic oxidation sites excluding steroid dienone is 2. The summed E-state index contributed by atoms with van der Waals surface area (Å²) in [4.78, 5) is 0. The highest BCUT2D eigenvalue weighted by Crippen LogP contribution is 2.21. The average molecular weight is 174 g/mol. The minimum atomic E-state index is -0.855. The zero-order chi connectivity index (χ0) is 9.10. The molecule has 66 valence electrons. The summed E-state index contributed by atoms with van der Waals surface area (Å²) >= 11 is 0. The Kier molecular flexibility index (Phi) is 2.15. The number of fused-ring (bicyclic) bond motifs is 1. The van der Waals surface area contributed by atoms with Gasteiger partial charge in [0.2, 0.25) is 6.29 Å². The van der Waals surface area contributed by atoms with E-state index in [9.17, 15) is 5.11 Å². The average Bonchev–Trinajstić information content (AvgIpc) is 2.11. The van der Waals surface area contributed by atoms with Crippen molar-refractivity contribution in [2.75, 3.05) is 0 Å². The van der Waals surface area contributed by atoms with Crippen molar-refractivity contribution in [2.24, 2.45) is 0 Å². The van der Waals surface area contributed by atoms with Gasteiger partial charge in [0.25, 0.3) is 0 Å². The van der Waals surface area contributed by atoms with Gasteiger partial charge in [0.05, 0.1) is 0 Å². The third-order valence-electron chi connectivity index (χ3n) is 1.83. The number of ether oxygens (including phenoxy) is 1. The number of aliphatic hydroxyl groups is 1. The predicted octanol–water partition coefficient (Wildman–Crippen LogP) is 1.97. The lowest BCUT2D eigenvalue weighted by Crippen LogP contribution is -2.12. The molecule has 1 atom stereocenters. The zero-order valence-electron chi connectivity index (χ0n) is 7.05. The second-order valence-corrected chi connectivity index (χ2v) is 2.79. The summed E-state index contributed by atoms with van der Waals surface area (Å²) < 4.78 is 5.25. The molecule has 1 aromatic carbocycles. The number of rotatable bonds is 0. The van der Waals surface area contributed by atoms with Crippen molar-refractivity contribution in [3.8, 4) is 5.75 Å². The molecule has 1 aliphatic heterocycles. The van der Waals surface area contributed by atoms with E-state index >= 15 is 0 Å². The first kappa shape index (κ1) is 8.08. The van der Waals surface area contributed by atoms with Crippen molar-refractivity contribution >= 4 is 6.08 Å². The summed E-state index contributed by atoms with van der Waals surface area (Å²) in [7, 11) is 0. The molecule has 0 aromatic heterocycles. The van der Waals surface area contributed by atoms with Gasteiger partial charge < -0.3 is 9.84 Å². The van der Waals surface area contributed by atoms with Gasteiger partial charge in [-0.25, -0.2) is 0 Å². The maximum atomic E-state index is 9.32. The molecular formula is C11H10O2. The van der Waals surface area contributed by atoms with Crippen LogP contribution in [-0.2, 0) is 0 Å². The quantitative estimate of drug-likeness (QED) is 0.651. The van der Waals surface area contributed by atoms with E-state index in [4.69, 9.17) is 4.74 Å². The van der Waals surface area contributed by atoms with Crippen molar-refractivity contribution in [3.63, 3.8) is 0 Å². The third-order valence-corrected chi connectivity index (χ3v) is 1.83. The minimum absolute atomic E-state index is 0.704. The zero-order valence-corrected chi connectivity index (χ0v) is 7.05. The molecule has 1 unspecified atom stereocenters. The first-order valence-electron chi connectivity index (χ1n) is 4.15. The van der Waals surface area contributed by atoms with Gasteiger partial charge in [0.1, 0.15) is 5.75 Å². The molecule has 1 heterocycles. The van der Waals surface area contributed by atoms with Crippen molar-refractivity contribution in [1.29, 1.82) is 0 Å². The normalized spacial score (nSPS) is 24.8. The Morgan fingerprint density at radius 2 is 2.00 bits per heavy atom. The second-order valence-electron chi connectivity index (χ2n) is 2.79. The van der Waals surface area contributed by atoms with Gasteiger partial charge in [-0.1, -0.05) is 36.4 Å². The number of aliphatic hydroxyl groups excluding tert-OH is 1. The highest BCUT2D eigenvalue weighted by atomic mass is 16.6. The molecule has 0 spiro atoms. The lowest BCUT2D eigenvalue weighted by molar-refractivity contribution is 0.0245. The van der Waals surface area contributed by atoms with E-state index in [-0.39, 0.29) is 0 Å². The molecular weight excluding hydrogens is 164 g/mol. The van der Waals surface area contributed by atoms with Crippen LogP contribution in [0, 0.1) is 0 Å². The molecule has 0 amide bonds. The van der Waals surface area contributed by atoms with Gasteiger partial charge in [-0.2, -0.15) is 0 Å². The molecule has 0 bridgehead atoms. The molecule has 1 N–H and O–H groups in total. The Balaban J connectivity index is 2.43. The standard InChI is InChI=1S/C11H10O2/c12-11-8-4-2-6-9-5-1-3-7-10(9)13-11/h1-8,11-12H/b6-2-,8-4-. The van der Waals surface area contributed by atoms with Gasteiger partial charge in [-0.05, 0) is 12.1 Å². The molecule has 13 heavy (non-hydrogen) atoms. The molecule has 1 aromatic rings. The van der Waals surface area contributed by atoms with E-state index in [0.717, 1.165) is 5.56 Å². The van der Waals surface area contributed by atoms with Crippen LogP contribution in [-0.4, -0.2) is 11.4 Å². The van der Waals surface area contributed by atoms with E-state index < -0.39 is 6.29 Å². The molecule has 0 radical (unpaired) electrons. The molecule has 0 fully saturated rings. The fourth-order valence-electron chi connectivity index (χ4n) is 1.21. The van der Waals surface area contributed by atoms with E-state index in [1.165, 1.54) is 0 Å². The number of benzene rings is 1. The van der Waals surface area contributed by atoms with E-state index in [0.29, 0.717) is 5.75 Å². The molecule has 2 nitrogen and oxygen atoms in total. The highest BCUT2D eigenvalue weighted by Gasteiger charge is 2.05. The molecule has 2 heteroatoms. The highest BCUT2D eigenvalue weighted by molar-refractivity contribution is 5.58. The lowest BCUT2D eigenvalue weighted by atomic mass is 10.1. The van der Waals surface area contributed by atoms with Gasteiger partial charge in [0, 0.05) is 5.56 Å². The number of para-hydroxylation sites is 1. The summed E-state index contributed by atoms with van der Waals surface area (Å²) in [6.45, 7) is 0. The lowest BCUT2D eigenvalue weighted by Gasteiger charge is -2.13. The van der Waals surface area contributed by atoms with Crippen LogP contribution in [0.2, 0.25) is 0 Å². The van der Waals surface area contributed by atoms with Crippen LogP contribution in [0.4, 0.5) is 0 Å². The Bertz CT molecular complexity index is 353. The first-order valence-corrected chi connectivity index (χ1v) is 4.15. The Morgan fingerprint density at radius 3 is 2.92 bits per heavy atom. The van der Waals surface area contributed by atoms with Gasteiger partial charge >= 0.3 is 0 Å². The van der Waals surface area contributed by atoms with E-state index in [1.54, 1.807) is 12.2 Å². The van der Waals surface area contributed by atoms with E-state index in [1.807, 2.05) is 36.4 Å². The first-order chi connectivity index (χ1) is 6.36. The number of hydrogen-bond donors (Lipinski definition) is 1. The van der Waals surface area contributed by atoms with Crippen LogP contribution in [0.25, 0.3) is 6.08 Å². The van der Waals surface area contributed by atoms with Crippen LogP contribution < -0.4 is 4.74 Å². The molecule has 2 rings (SSSR count). The number of hydrogen-bond acceptors (Lipinski definition) is 2. The smallest absolute Gasteiger partial charge is 0.217 e.